The van der Waals surface area contributed by atoms with Gasteiger partial charge in [0.2, 0.25) is 0 Å². The molecule has 0 atom stereocenters. The van der Waals surface area contributed by atoms with Crippen LogP contribution < -0.4 is 4.74 Å². The first-order valence-corrected chi connectivity index (χ1v) is 6.00. The van der Waals surface area contributed by atoms with Crippen LogP contribution in [0.4, 0.5) is 0 Å². The third-order valence-corrected chi connectivity index (χ3v) is 2.87. The molecule has 0 aliphatic rings. The van der Waals surface area contributed by atoms with E-state index in [0.29, 0.717) is 5.92 Å². The third kappa shape index (κ3) is 2.88. The Hall–Kier alpha value is -1.76. The van der Waals surface area contributed by atoms with E-state index in [-0.39, 0.29) is 0 Å². The Morgan fingerprint density at radius 2 is 1.53 bits per heavy atom. The van der Waals surface area contributed by atoms with Gasteiger partial charge in [-0.25, -0.2) is 0 Å². The fourth-order valence-corrected chi connectivity index (χ4v) is 1.72. The molecule has 0 radical (unpaired) electrons. The number of hydrogen-bond donors (Lipinski definition) is 0. The number of ether oxygens (including phenoxy) is 1. The predicted molar refractivity (Wildman–Crippen MR) is 71.8 cm³/mol. The number of benzene rings is 2. The molecule has 2 aromatic rings. The minimum atomic E-state index is 0.558. The molecule has 1 nitrogen and oxygen atoms in total. The van der Waals surface area contributed by atoms with Gasteiger partial charge in [0.1, 0.15) is 11.5 Å². The second kappa shape index (κ2) is 5.05. The Kier molecular flexibility index (Phi) is 3.48. The summed E-state index contributed by atoms with van der Waals surface area (Å²) in [6, 6.07) is 16.4. The van der Waals surface area contributed by atoms with Crippen molar-refractivity contribution in [1.29, 1.82) is 0 Å². The highest BCUT2D eigenvalue weighted by Crippen LogP contribution is 2.26. The van der Waals surface area contributed by atoms with Crippen molar-refractivity contribution >= 4 is 0 Å². The van der Waals surface area contributed by atoms with Gasteiger partial charge < -0.3 is 4.74 Å². The summed E-state index contributed by atoms with van der Waals surface area (Å²) in [5, 5.41) is 0. The molecule has 88 valence electrons. The summed E-state index contributed by atoms with van der Waals surface area (Å²) < 4.78 is 5.84. The van der Waals surface area contributed by atoms with Crippen molar-refractivity contribution < 1.29 is 4.74 Å². The summed E-state index contributed by atoms with van der Waals surface area (Å²) in [5.74, 6) is 2.37. The minimum absolute atomic E-state index is 0.558. The molecular formula is C16H18O. The summed E-state index contributed by atoms with van der Waals surface area (Å²) >= 11 is 0. The molecule has 0 saturated carbocycles. The quantitative estimate of drug-likeness (QED) is 0.722. The summed E-state index contributed by atoms with van der Waals surface area (Å²) in [6.07, 6.45) is 0. The third-order valence-electron chi connectivity index (χ3n) is 2.87. The molecule has 0 saturated heterocycles. The molecule has 0 bridgehead atoms. The highest BCUT2D eigenvalue weighted by atomic mass is 16.5. The highest BCUT2D eigenvalue weighted by Gasteiger charge is 2.02. The molecule has 0 fully saturated rings. The van der Waals surface area contributed by atoms with Crippen LogP contribution in [0.2, 0.25) is 0 Å². The van der Waals surface area contributed by atoms with Crippen molar-refractivity contribution in [1.82, 2.24) is 0 Å². The maximum Gasteiger partial charge on any atom is 0.130 e. The topological polar surface area (TPSA) is 9.23 Å². The zero-order valence-electron chi connectivity index (χ0n) is 10.6. The van der Waals surface area contributed by atoms with Crippen molar-refractivity contribution in [2.24, 2.45) is 0 Å². The van der Waals surface area contributed by atoms with Gasteiger partial charge in [0.15, 0.2) is 0 Å². The molecule has 0 unspecified atom stereocenters. The molecule has 2 rings (SSSR count). The smallest absolute Gasteiger partial charge is 0.130 e. The first kappa shape index (κ1) is 11.7. The fourth-order valence-electron chi connectivity index (χ4n) is 1.72. The first-order valence-electron chi connectivity index (χ1n) is 6.00. The van der Waals surface area contributed by atoms with Gasteiger partial charge >= 0.3 is 0 Å². The van der Waals surface area contributed by atoms with Crippen LogP contribution in [0.25, 0.3) is 0 Å². The maximum atomic E-state index is 5.84. The monoisotopic (exact) mass is 226 g/mol. The van der Waals surface area contributed by atoms with Crippen molar-refractivity contribution in [3.8, 4) is 11.5 Å². The summed E-state index contributed by atoms with van der Waals surface area (Å²) in [7, 11) is 0. The van der Waals surface area contributed by atoms with Gasteiger partial charge in [0.25, 0.3) is 0 Å². The van der Waals surface area contributed by atoms with E-state index in [4.69, 9.17) is 4.74 Å². The van der Waals surface area contributed by atoms with Crippen molar-refractivity contribution in [2.75, 3.05) is 0 Å². The lowest BCUT2D eigenvalue weighted by molar-refractivity contribution is 0.478. The Labute approximate surface area is 103 Å². The van der Waals surface area contributed by atoms with Crippen LogP contribution in [0.1, 0.15) is 30.9 Å². The minimum Gasteiger partial charge on any atom is -0.457 e. The molecule has 0 N–H and O–H groups in total. The second-order valence-electron chi connectivity index (χ2n) is 4.59. The predicted octanol–water partition coefficient (Wildman–Crippen LogP) is 4.91. The van der Waals surface area contributed by atoms with Gasteiger partial charge in [-0.2, -0.15) is 0 Å². The molecule has 0 spiro atoms. The number of para-hydroxylation sites is 1. The highest BCUT2D eigenvalue weighted by molar-refractivity contribution is 5.38. The van der Waals surface area contributed by atoms with Gasteiger partial charge in [-0.3, -0.25) is 0 Å². The molecule has 17 heavy (non-hydrogen) atoms. The molecule has 0 heterocycles. The maximum absolute atomic E-state index is 5.84. The Bertz CT molecular complexity index is 483. The van der Waals surface area contributed by atoms with Crippen LogP contribution in [-0.4, -0.2) is 0 Å². The Balaban J connectivity index is 2.17. The van der Waals surface area contributed by atoms with Gasteiger partial charge in [0, 0.05) is 0 Å². The number of hydrogen-bond acceptors (Lipinski definition) is 1. The van der Waals surface area contributed by atoms with Gasteiger partial charge in [-0.15, -0.1) is 0 Å². The van der Waals surface area contributed by atoms with Gasteiger partial charge in [-0.1, -0.05) is 44.2 Å². The van der Waals surface area contributed by atoms with E-state index in [9.17, 15) is 0 Å². The lowest BCUT2D eigenvalue weighted by atomic mass is 10.0. The molecule has 0 aliphatic carbocycles. The normalized spacial score (nSPS) is 10.6. The number of aryl methyl sites for hydroxylation is 1. The van der Waals surface area contributed by atoms with E-state index in [1.54, 1.807) is 0 Å². The van der Waals surface area contributed by atoms with Crippen molar-refractivity contribution in [3.05, 3.63) is 59.7 Å². The zero-order valence-corrected chi connectivity index (χ0v) is 10.6. The Morgan fingerprint density at radius 3 is 2.12 bits per heavy atom. The van der Waals surface area contributed by atoms with Crippen LogP contribution in [0.15, 0.2) is 48.5 Å². The van der Waals surface area contributed by atoms with E-state index in [0.717, 1.165) is 17.1 Å². The van der Waals surface area contributed by atoms with E-state index in [1.807, 2.05) is 30.3 Å². The molecule has 0 aliphatic heterocycles. The van der Waals surface area contributed by atoms with Crippen LogP contribution in [0, 0.1) is 6.92 Å². The summed E-state index contributed by atoms with van der Waals surface area (Å²) in [6.45, 7) is 6.44. The molecule has 0 amide bonds. The number of rotatable bonds is 3. The van der Waals surface area contributed by atoms with Crippen LogP contribution >= 0.6 is 0 Å². The fraction of sp³-hybridized carbons (Fsp3) is 0.250. The van der Waals surface area contributed by atoms with Gasteiger partial charge in [0.05, 0.1) is 0 Å². The van der Waals surface area contributed by atoms with Crippen molar-refractivity contribution in [3.63, 3.8) is 0 Å². The largest absolute Gasteiger partial charge is 0.457 e. The van der Waals surface area contributed by atoms with Crippen LogP contribution in [0.5, 0.6) is 11.5 Å². The van der Waals surface area contributed by atoms with Crippen LogP contribution in [0.3, 0.4) is 0 Å². The molecule has 0 aromatic heterocycles. The average Bonchev–Trinajstić information content (AvgIpc) is 2.33. The summed E-state index contributed by atoms with van der Waals surface area (Å²) in [5.41, 5.74) is 2.49. The second-order valence-corrected chi connectivity index (χ2v) is 4.59. The standard InChI is InChI=1S/C16H18O/c1-12(2)14-8-10-15(11-9-14)17-16-7-5-4-6-13(16)3/h4-12H,1-3H3. The molecule has 2 aromatic carbocycles. The van der Waals surface area contributed by atoms with E-state index in [2.05, 4.69) is 39.0 Å². The van der Waals surface area contributed by atoms with Crippen molar-refractivity contribution in [2.45, 2.75) is 26.7 Å². The van der Waals surface area contributed by atoms with E-state index >= 15 is 0 Å². The Morgan fingerprint density at radius 1 is 0.882 bits per heavy atom. The zero-order chi connectivity index (χ0) is 12.3. The molecular weight excluding hydrogens is 208 g/mol. The lowest BCUT2D eigenvalue weighted by Crippen LogP contribution is -1.89. The average molecular weight is 226 g/mol. The first-order chi connectivity index (χ1) is 8.16. The van der Waals surface area contributed by atoms with Gasteiger partial charge in [-0.05, 0) is 42.2 Å². The SMILES string of the molecule is Cc1ccccc1Oc1ccc(C(C)C)cc1. The summed E-state index contributed by atoms with van der Waals surface area (Å²) in [4.78, 5) is 0. The lowest BCUT2D eigenvalue weighted by Gasteiger charge is -2.10. The van der Waals surface area contributed by atoms with Crippen LogP contribution in [-0.2, 0) is 0 Å². The van der Waals surface area contributed by atoms with E-state index in [1.165, 1.54) is 5.56 Å². The molecule has 1 heteroatoms. The van der Waals surface area contributed by atoms with E-state index < -0.39 is 0 Å².